The highest BCUT2D eigenvalue weighted by atomic mass is 16.4. The Morgan fingerprint density at radius 2 is 1.63 bits per heavy atom. The number of carboxylic acid groups (broad SMARTS) is 1. The quantitative estimate of drug-likeness (QED) is 0.212. The number of aliphatic imine (C=N–C) groups is 1. The molecule has 1 aliphatic carbocycles. The molecule has 2 unspecified atom stereocenters. The molecule has 0 bridgehead atoms. The van der Waals surface area contributed by atoms with E-state index in [9.17, 15) is 14.7 Å². The van der Waals surface area contributed by atoms with Crippen LogP contribution < -0.4 is 17.2 Å². The van der Waals surface area contributed by atoms with Gasteiger partial charge in [0, 0.05) is 11.1 Å². The number of nitrogens with two attached hydrogens (primary N) is 3. The van der Waals surface area contributed by atoms with Crippen LogP contribution in [-0.4, -0.2) is 34.2 Å². The Labute approximate surface area is 172 Å². The molecule has 0 saturated carbocycles. The molecule has 0 fully saturated rings. The Morgan fingerprint density at radius 3 is 2.23 bits per heavy atom. The second-order valence-electron chi connectivity index (χ2n) is 6.79. The molecule has 2 atom stereocenters. The lowest BCUT2D eigenvalue weighted by molar-refractivity contribution is -0.138. The van der Waals surface area contributed by atoms with E-state index in [1.807, 2.05) is 0 Å². The number of aliphatic carboxylic acids is 1. The minimum atomic E-state index is -1.54. The summed E-state index contributed by atoms with van der Waals surface area (Å²) in [6, 6.07) is 15.3. The molecule has 30 heavy (non-hydrogen) atoms. The number of hydrogen-bond donors (Lipinski definition) is 5. The first-order valence-corrected chi connectivity index (χ1v) is 9.04. The molecule has 3 rings (SSSR count). The summed E-state index contributed by atoms with van der Waals surface area (Å²) in [5.41, 5.74) is 16.7. The molecule has 1 aliphatic rings. The van der Waals surface area contributed by atoms with Crippen LogP contribution in [0.1, 0.15) is 21.5 Å². The van der Waals surface area contributed by atoms with E-state index in [4.69, 9.17) is 22.6 Å². The number of nitrogens with zero attached hydrogens (tertiary/aromatic N) is 1. The Balaban J connectivity index is 2.23. The van der Waals surface area contributed by atoms with Crippen LogP contribution >= 0.6 is 0 Å². The standard InChI is InChI=1S/C22H21N5O3/c23-20(24)22(27-21(25)26)11-10-16(19(29)30)17(12-22)14-8-4-5-9-15(14)18(28)13-6-2-1-3-7-13/h1-12,16H,(H3,23,24)(H,29,30)(H4,25,26,27). The van der Waals surface area contributed by atoms with Gasteiger partial charge in [-0.05, 0) is 23.3 Å². The van der Waals surface area contributed by atoms with Crippen molar-refractivity contribution in [1.29, 1.82) is 5.41 Å². The van der Waals surface area contributed by atoms with Crippen LogP contribution in [0.2, 0.25) is 0 Å². The lowest BCUT2D eigenvalue weighted by Gasteiger charge is -2.29. The first kappa shape index (κ1) is 20.5. The minimum Gasteiger partial charge on any atom is -0.481 e. The number of carbonyl (C=O) groups excluding carboxylic acids is 1. The van der Waals surface area contributed by atoms with E-state index >= 15 is 0 Å². The van der Waals surface area contributed by atoms with Crippen molar-refractivity contribution in [1.82, 2.24) is 0 Å². The summed E-state index contributed by atoms with van der Waals surface area (Å²) in [4.78, 5) is 29.1. The number of amidine groups is 1. The number of hydrogen-bond acceptors (Lipinski definition) is 4. The van der Waals surface area contributed by atoms with Crippen molar-refractivity contribution in [3.8, 4) is 0 Å². The number of benzene rings is 2. The maximum absolute atomic E-state index is 13.1. The van der Waals surface area contributed by atoms with Crippen LogP contribution in [0.5, 0.6) is 0 Å². The third-order valence-electron chi connectivity index (χ3n) is 4.78. The fourth-order valence-electron chi connectivity index (χ4n) is 3.37. The largest absolute Gasteiger partial charge is 0.481 e. The highest BCUT2D eigenvalue weighted by Gasteiger charge is 2.37. The van der Waals surface area contributed by atoms with E-state index in [0.717, 1.165) is 0 Å². The number of carboxylic acids is 1. The molecule has 8 N–H and O–H groups in total. The average molecular weight is 403 g/mol. The molecule has 2 aromatic carbocycles. The van der Waals surface area contributed by atoms with Gasteiger partial charge in [0.25, 0.3) is 0 Å². The van der Waals surface area contributed by atoms with E-state index in [1.165, 1.54) is 18.2 Å². The van der Waals surface area contributed by atoms with E-state index in [1.54, 1.807) is 54.6 Å². The monoisotopic (exact) mass is 403 g/mol. The van der Waals surface area contributed by atoms with Crippen LogP contribution in [0.25, 0.3) is 5.57 Å². The highest BCUT2D eigenvalue weighted by Crippen LogP contribution is 2.36. The molecule has 2 aromatic rings. The number of rotatable bonds is 6. The SMILES string of the molecule is N=C(N)C1(N=C(N)N)C=CC(C(=O)O)C(c2ccccc2C(=O)c2ccccc2)=C1. The van der Waals surface area contributed by atoms with Gasteiger partial charge in [0.05, 0.1) is 0 Å². The van der Waals surface area contributed by atoms with Crippen molar-refractivity contribution in [2.45, 2.75) is 5.54 Å². The Kier molecular flexibility index (Phi) is 5.50. The van der Waals surface area contributed by atoms with Crippen molar-refractivity contribution < 1.29 is 14.7 Å². The molecule has 0 radical (unpaired) electrons. The lowest BCUT2D eigenvalue weighted by Crippen LogP contribution is -2.43. The molecule has 8 nitrogen and oxygen atoms in total. The lowest BCUT2D eigenvalue weighted by atomic mass is 9.78. The molecular weight excluding hydrogens is 382 g/mol. The topological polar surface area (TPSA) is 169 Å². The molecule has 0 heterocycles. The van der Waals surface area contributed by atoms with Gasteiger partial charge in [-0.3, -0.25) is 15.0 Å². The first-order chi connectivity index (χ1) is 14.2. The Morgan fingerprint density at radius 1 is 1.00 bits per heavy atom. The summed E-state index contributed by atoms with van der Waals surface area (Å²) in [6.07, 6.45) is 4.17. The van der Waals surface area contributed by atoms with Gasteiger partial charge in [-0.15, -0.1) is 0 Å². The predicted octanol–water partition coefficient (Wildman–Crippen LogP) is 1.52. The summed E-state index contributed by atoms with van der Waals surface area (Å²) < 4.78 is 0. The van der Waals surface area contributed by atoms with Gasteiger partial charge in [-0.1, -0.05) is 60.7 Å². The highest BCUT2D eigenvalue weighted by molar-refractivity contribution is 6.13. The number of guanidine groups is 1. The molecule has 0 aliphatic heterocycles. The zero-order valence-corrected chi connectivity index (χ0v) is 15.9. The predicted molar refractivity (Wildman–Crippen MR) is 115 cm³/mol. The van der Waals surface area contributed by atoms with E-state index in [0.29, 0.717) is 16.7 Å². The number of nitrogens with one attached hydrogen (secondary N) is 1. The number of carbonyl (C=O) groups is 2. The zero-order chi connectivity index (χ0) is 21.9. The smallest absolute Gasteiger partial charge is 0.314 e. The van der Waals surface area contributed by atoms with Crippen molar-refractivity contribution in [3.05, 3.63) is 89.5 Å². The van der Waals surface area contributed by atoms with E-state index < -0.39 is 17.4 Å². The van der Waals surface area contributed by atoms with Gasteiger partial charge in [-0.25, -0.2) is 4.99 Å². The van der Waals surface area contributed by atoms with Crippen LogP contribution in [0.15, 0.2) is 77.8 Å². The van der Waals surface area contributed by atoms with Gasteiger partial charge in [0.15, 0.2) is 17.3 Å². The third-order valence-corrected chi connectivity index (χ3v) is 4.78. The fraction of sp³-hybridized carbons (Fsp3) is 0.0909. The second kappa shape index (κ2) is 8.04. The third kappa shape index (κ3) is 3.83. The summed E-state index contributed by atoms with van der Waals surface area (Å²) >= 11 is 0. The summed E-state index contributed by atoms with van der Waals surface area (Å²) in [7, 11) is 0. The fourth-order valence-corrected chi connectivity index (χ4v) is 3.37. The maximum atomic E-state index is 13.1. The molecule has 152 valence electrons. The first-order valence-electron chi connectivity index (χ1n) is 9.04. The van der Waals surface area contributed by atoms with Gasteiger partial charge < -0.3 is 22.3 Å². The van der Waals surface area contributed by atoms with Crippen LogP contribution in [0, 0.1) is 11.3 Å². The van der Waals surface area contributed by atoms with Crippen LogP contribution in [0.4, 0.5) is 0 Å². The van der Waals surface area contributed by atoms with E-state index in [2.05, 4.69) is 4.99 Å². The average Bonchev–Trinajstić information content (AvgIpc) is 2.73. The summed E-state index contributed by atoms with van der Waals surface area (Å²) in [5.74, 6) is -3.16. The summed E-state index contributed by atoms with van der Waals surface area (Å²) in [5, 5.41) is 17.7. The second-order valence-corrected chi connectivity index (χ2v) is 6.79. The van der Waals surface area contributed by atoms with Crippen molar-refractivity contribution >= 4 is 29.1 Å². The van der Waals surface area contributed by atoms with Gasteiger partial charge in [0.1, 0.15) is 11.8 Å². The van der Waals surface area contributed by atoms with Gasteiger partial charge >= 0.3 is 5.97 Å². The number of ketones is 1. The summed E-state index contributed by atoms with van der Waals surface area (Å²) in [6.45, 7) is 0. The molecule has 0 spiro atoms. The van der Waals surface area contributed by atoms with Crippen molar-refractivity contribution in [3.63, 3.8) is 0 Å². The Bertz CT molecular complexity index is 1100. The molecule has 0 amide bonds. The minimum absolute atomic E-state index is 0.263. The molecular formula is C22H21N5O3. The van der Waals surface area contributed by atoms with E-state index in [-0.39, 0.29) is 23.2 Å². The molecule has 8 heteroatoms. The van der Waals surface area contributed by atoms with Crippen LogP contribution in [0.3, 0.4) is 0 Å². The molecule has 0 saturated heterocycles. The Hall–Kier alpha value is -4.20. The zero-order valence-electron chi connectivity index (χ0n) is 15.9. The van der Waals surface area contributed by atoms with Gasteiger partial charge in [0.2, 0.25) is 0 Å². The van der Waals surface area contributed by atoms with Crippen molar-refractivity contribution in [2.75, 3.05) is 0 Å². The van der Waals surface area contributed by atoms with Crippen LogP contribution in [-0.2, 0) is 4.79 Å². The maximum Gasteiger partial charge on any atom is 0.314 e. The molecule has 0 aromatic heterocycles. The van der Waals surface area contributed by atoms with Gasteiger partial charge in [-0.2, -0.15) is 0 Å². The van der Waals surface area contributed by atoms with Crippen molar-refractivity contribution in [2.24, 2.45) is 28.1 Å². The normalized spacial score (nSPS) is 20.1.